The van der Waals surface area contributed by atoms with Crippen molar-refractivity contribution >= 4 is 11.4 Å². The molecule has 1 atom stereocenters. The first-order valence-corrected chi connectivity index (χ1v) is 8.08. The van der Waals surface area contributed by atoms with Crippen molar-refractivity contribution in [1.82, 2.24) is 0 Å². The number of para-hydroxylation sites is 1. The number of fused-ring (bicyclic) bond motifs is 1. The molecule has 1 nitrogen and oxygen atoms in total. The third-order valence-electron chi connectivity index (χ3n) is 4.80. The molecule has 0 N–H and O–H groups in total. The Labute approximate surface area is 137 Å². The lowest BCUT2D eigenvalue weighted by Crippen LogP contribution is -2.18. The molecule has 3 aromatic rings. The summed E-state index contributed by atoms with van der Waals surface area (Å²) >= 11 is 0. The van der Waals surface area contributed by atoms with Gasteiger partial charge in [-0.25, -0.2) is 0 Å². The molecular weight excluding hydrogens is 278 g/mol. The zero-order valence-electron chi connectivity index (χ0n) is 13.5. The lowest BCUT2D eigenvalue weighted by Gasteiger charge is -2.13. The molecule has 23 heavy (non-hydrogen) atoms. The summed E-state index contributed by atoms with van der Waals surface area (Å²) in [6.07, 6.45) is 0. The Morgan fingerprint density at radius 3 is 2.17 bits per heavy atom. The molecule has 1 heterocycles. The molecule has 0 spiro atoms. The third-order valence-corrected chi connectivity index (χ3v) is 4.80. The molecule has 112 valence electrons. The number of benzene rings is 3. The van der Waals surface area contributed by atoms with Crippen LogP contribution in [0.2, 0.25) is 0 Å². The molecule has 1 aliphatic heterocycles. The van der Waals surface area contributed by atoms with Gasteiger partial charge in [0.25, 0.3) is 0 Å². The molecule has 1 aliphatic rings. The number of nitrogens with zero attached hydrogens (tertiary/aromatic N) is 1. The summed E-state index contributed by atoms with van der Waals surface area (Å²) in [5, 5.41) is 0. The average Bonchev–Trinajstić information content (AvgIpc) is 2.89. The molecule has 0 aliphatic carbocycles. The number of hydrogen-bond acceptors (Lipinski definition) is 0. The number of rotatable bonds is 2. The van der Waals surface area contributed by atoms with Gasteiger partial charge >= 0.3 is 0 Å². The SMILES string of the molecule is Cc1ccccc1C1=[N+](C)c2ccccc2C1c1ccccc1. The van der Waals surface area contributed by atoms with Crippen molar-refractivity contribution in [1.29, 1.82) is 0 Å². The first kappa shape index (κ1) is 14.0. The molecule has 1 heteroatoms. The second-order valence-electron chi connectivity index (χ2n) is 6.16. The predicted molar refractivity (Wildman–Crippen MR) is 95.9 cm³/mol. The monoisotopic (exact) mass is 298 g/mol. The van der Waals surface area contributed by atoms with E-state index in [0.717, 1.165) is 0 Å². The van der Waals surface area contributed by atoms with E-state index in [1.165, 1.54) is 33.7 Å². The van der Waals surface area contributed by atoms with E-state index in [9.17, 15) is 0 Å². The first-order chi connectivity index (χ1) is 11.3. The van der Waals surface area contributed by atoms with Gasteiger partial charge in [0.05, 0.1) is 0 Å². The van der Waals surface area contributed by atoms with Crippen LogP contribution in [0.15, 0.2) is 78.9 Å². The highest BCUT2D eigenvalue weighted by Crippen LogP contribution is 2.40. The topological polar surface area (TPSA) is 3.01 Å². The smallest absolute Gasteiger partial charge is 0.197 e. The Morgan fingerprint density at radius 2 is 1.39 bits per heavy atom. The van der Waals surface area contributed by atoms with Gasteiger partial charge in [0, 0.05) is 17.2 Å². The molecule has 0 radical (unpaired) electrons. The molecule has 0 amide bonds. The van der Waals surface area contributed by atoms with Gasteiger partial charge in [0.1, 0.15) is 13.0 Å². The zero-order chi connectivity index (χ0) is 15.8. The fraction of sp³-hybridized carbons (Fsp3) is 0.136. The Morgan fingerprint density at radius 1 is 0.739 bits per heavy atom. The Balaban J connectivity index is 1.99. The van der Waals surface area contributed by atoms with Crippen LogP contribution in [0, 0.1) is 6.92 Å². The fourth-order valence-electron chi connectivity index (χ4n) is 3.69. The molecular formula is C22H20N+. The average molecular weight is 298 g/mol. The van der Waals surface area contributed by atoms with Crippen LogP contribution in [-0.4, -0.2) is 17.3 Å². The summed E-state index contributed by atoms with van der Waals surface area (Å²) in [6.45, 7) is 2.20. The van der Waals surface area contributed by atoms with Gasteiger partial charge < -0.3 is 0 Å². The van der Waals surface area contributed by atoms with Crippen LogP contribution in [-0.2, 0) is 0 Å². The molecule has 0 aromatic heterocycles. The summed E-state index contributed by atoms with van der Waals surface area (Å²) in [6, 6.07) is 28.2. The minimum Gasteiger partial charge on any atom is -0.197 e. The highest BCUT2D eigenvalue weighted by Gasteiger charge is 2.39. The van der Waals surface area contributed by atoms with Crippen molar-refractivity contribution in [3.63, 3.8) is 0 Å². The van der Waals surface area contributed by atoms with Gasteiger partial charge in [-0.05, 0) is 24.1 Å². The summed E-state index contributed by atoms with van der Waals surface area (Å²) in [5.41, 5.74) is 8.07. The van der Waals surface area contributed by atoms with E-state index in [1.54, 1.807) is 0 Å². The van der Waals surface area contributed by atoms with Crippen molar-refractivity contribution < 1.29 is 4.58 Å². The second kappa shape index (κ2) is 5.51. The molecule has 0 saturated carbocycles. The van der Waals surface area contributed by atoms with Crippen LogP contribution in [0.4, 0.5) is 5.69 Å². The number of hydrogen-bond donors (Lipinski definition) is 0. The lowest BCUT2D eigenvalue weighted by molar-refractivity contribution is -0.401. The third kappa shape index (κ3) is 2.20. The van der Waals surface area contributed by atoms with E-state index in [-0.39, 0.29) is 0 Å². The molecule has 0 saturated heterocycles. The largest absolute Gasteiger partial charge is 0.209 e. The molecule has 4 rings (SSSR count). The van der Waals surface area contributed by atoms with E-state index >= 15 is 0 Å². The number of aryl methyl sites for hydroxylation is 1. The Kier molecular flexibility index (Phi) is 3.34. The van der Waals surface area contributed by atoms with Crippen LogP contribution in [0.5, 0.6) is 0 Å². The maximum absolute atomic E-state index is 2.36. The van der Waals surface area contributed by atoms with Crippen LogP contribution < -0.4 is 0 Å². The van der Waals surface area contributed by atoms with Crippen LogP contribution >= 0.6 is 0 Å². The lowest BCUT2D eigenvalue weighted by atomic mass is 9.84. The van der Waals surface area contributed by atoms with E-state index in [2.05, 4.69) is 97.4 Å². The Hall–Kier alpha value is -2.67. The molecule has 3 aromatic carbocycles. The molecule has 0 fully saturated rings. The maximum atomic E-state index is 2.36. The van der Waals surface area contributed by atoms with Crippen molar-refractivity contribution in [3.05, 3.63) is 101 Å². The minimum absolute atomic E-state index is 0.290. The summed E-state index contributed by atoms with van der Waals surface area (Å²) in [4.78, 5) is 0. The van der Waals surface area contributed by atoms with Gasteiger partial charge in [-0.3, -0.25) is 0 Å². The summed E-state index contributed by atoms with van der Waals surface area (Å²) in [5.74, 6) is 0.290. The van der Waals surface area contributed by atoms with Crippen molar-refractivity contribution in [2.24, 2.45) is 0 Å². The van der Waals surface area contributed by atoms with Crippen LogP contribution in [0.3, 0.4) is 0 Å². The van der Waals surface area contributed by atoms with E-state index in [4.69, 9.17) is 0 Å². The fourth-order valence-corrected chi connectivity index (χ4v) is 3.69. The van der Waals surface area contributed by atoms with Crippen molar-refractivity contribution in [2.45, 2.75) is 12.8 Å². The standard InChI is InChI=1S/C22H20N/c1-16-10-6-7-13-18(16)22-21(17-11-4-3-5-12-17)19-14-8-9-15-20(19)23(22)2/h3-15,21H,1-2H3/q+1. The molecule has 0 bridgehead atoms. The van der Waals surface area contributed by atoms with E-state index < -0.39 is 0 Å². The molecule has 1 unspecified atom stereocenters. The highest BCUT2D eigenvalue weighted by atomic mass is 15.0. The predicted octanol–water partition coefficient (Wildman–Crippen LogP) is 4.90. The summed E-state index contributed by atoms with van der Waals surface area (Å²) in [7, 11) is 2.18. The maximum Gasteiger partial charge on any atom is 0.209 e. The summed E-state index contributed by atoms with van der Waals surface area (Å²) < 4.78 is 2.36. The van der Waals surface area contributed by atoms with E-state index in [0.29, 0.717) is 5.92 Å². The Bertz CT molecular complexity index is 891. The van der Waals surface area contributed by atoms with Crippen molar-refractivity contribution in [3.8, 4) is 0 Å². The van der Waals surface area contributed by atoms with Gasteiger partial charge in [0.15, 0.2) is 0 Å². The van der Waals surface area contributed by atoms with Crippen LogP contribution in [0.25, 0.3) is 0 Å². The second-order valence-corrected chi connectivity index (χ2v) is 6.16. The van der Waals surface area contributed by atoms with E-state index in [1.807, 2.05) is 0 Å². The minimum atomic E-state index is 0.290. The first-order valence-electron chi connectivity index (χ1n) is 8.08. The van der Waals surface area contributed by atoms with Gasteiger partial charge in [-0.1, -0.05) is 66.7 Å². The van der Waals surface area contributed by atoms with Crippen molar-refractivity contribution in [2.75, 3.05) is 7.05 Å². The van der Waals surface area contributed by atoms with Crippen LogP contribution in [0.1, 0.15) is 28.2 Å². The van der Waals surface area contributed by atoms with Gasteiger partial charge in [0.2, 0.25) is 11.4 Å². The normalized spacial score (nSPS) is 16.5. The quantitative estimate of drug-likeness (QED) is 0.592. The van der Waals surface area contributed by atoms with Gasteiger partial charge in [-0.15, -0.1) is 0 Å². The van der Waals surface area contributed by atoms with Gasteiger partial charge in [-0.2, -0.15) is 4.58 Å². The zero-order valence-corrected chi connectivity index (χ0v) is 13.5. The highest BCUT2D eigenvalue weighted by molar-refractivity contribution is 6.07.